The smallest absolute Gasteiger partial charge is 0.238 e. The van der Waals surface area contributed by atoms with E-state index in [1.807, 2.05) is 0 Å². The van der Waals surface area contributed by atoms with Gasteiger partial charge in [0.25, 0.3) is 0 Å². The largest absolute Gasteiger partial charge is 0.381 e. The van der Waals surface area contributed by atoms with E-state index in [2.05, 4.69) is 5.32 Å². The van der Waals surface area contributed by atoms with Crippen molar-refractivity contribution in [1.82, 2.24) is 5.32 Å². The molecule has 0 saturated carbocycles. The molecule has 0 radical (unpaired) electrons. The van der Waals surface area contributed by atoms with Crippen LogP contribution in [0, 0.1) is 0 Å². The van der Waals surface area contributed by atoms with E-state index in [1.54, 1.807) is 24.3 Å². The van der Waals surface area contributed by atoms with Crippen LogP contribution in [0.3, 0.4) is 0 Å². The van der Waals surface area contributed by atoms with E-state index in [1.165, 1.54) is 0 Å². The number of nitrogens with one attached hydrogen (secondary N) is 1. The highest BCUT2D eigenvalue weighted by atomic mass is 32.2. The SMILES string of the molecule is NS(=O)(=O)c1ccc(CN[C@@H]2CCOC3(CCOCC3)C2)cc1. The van der Waals surface area contributed by atoms with Gasteiger partial charge < -0.3 is 14.8 Å². The fourth-order valence-electron chi connectivity index (χ4n) is 3.35. The molecule has 2 fully saturated rings. The van der Waals surface area contributed by atoms with Crippen LogP contribution >= 0.6 is 0 Å². The molecule has 0 aliphatic carbocycles. The van der Waals surface area contributed by atoms with Gasteiger partial charge in [-0.05, 0) is 43.4 Å². The van der Waals surface area contributed by atoms with Crippen LogP contribution in [-0.4, -0.2) is 39.9 Å². The third-order valence-corrected chi connectivity index (χ3v) is 5.67. The molecular formula is C16H24N2O4S. The summed E-state index contributed by atoms with van der Waals surface area (Å²) in [5.74, 6) is 0. The van der Waals surface area contributed by atoms with Gasteiger partial charge in [-0.25, -0.2) is 13.6 Å². The van der Waals surface area contributed by atoms with Gasteiger partial charge in [0.15, 0.2) is 0 Å². The van der Waals surface area contributed by atoms with E-state index in [4.69, 9.17) is 14.6 Å². The molecule has 7 heteroatoms. The molecule has 0 amide bonds. The van der Waals surface area contributed by atoms with Crippen molar-refractivity contribution in [2.24, 2.45) is 5.14 Å². The lowest BCUT2D eigenvalue weighted by Crippen LogP contribution is -2.49. The van der Waals surface area contributed by atoms with Crippen molar-refractivity contribution in [1.29, 1.82) is 0 Å². The summed E-state index contributed by atoms with van der Waals surface area (Å²) in [6.45, 7) is 3.05. The second-order valence-corrected chi connectivity index (χ2v) is 7.96. The Morgan fingerprint density at radius 2 is 1.87 bits per heavy atom. The van der Waals surface area contributed by atoms with Crippen LogP contribution in [0.25, 0.3) is 0 Å². The number of ether oxygens (including phenoxy) is 2. The van der Waals surface area contributed by atoms with Crippen LogP contribution in [-0.2, 0) is 26.0 Å². The van der Waals surface area contributed by atoms with Crippen LogP contribution in [0.15, 0.2) is 29.2 Å². The number of rotatable bonds is 4. The first kappa shape index (κ1) is 16.9. The number of benzene rings is 1. The highest BCUT2D eigenvalue weighted by Gasteiger charge is 2.38. The maximum Gasteiger partial charge on any atom is 0.238 e. The highest BCUT2D eigenvalue weighted by Crippen LogP contribution is 2.34. The zero-order valence-corrected chi connectivity index (χ0v) is 14.0. The molecule has 3 rings (SSSR count). The maximum absolute atomic E-state index is 11.3. The number of nitrogens with two attached hydrogens (primary N) is 1. The monoisotopic (exact) mass is 340 g/mol. The Bertz CT molecular complexity index is 618. The summed E-state index contributed by atoms with van der Waals surface area (Å²) in [4.78, 5) is 0.147. The van der Waals surface area contributed by atoms with E-state index < -0.39 is 10.0 Å². The molecule has 23 heavy (non-hydrogen) atoms. The normalized spacial score (nSPS) is 24.7. The molecule has 2 aliphatic rings. The van der Waals surface area contributed by atoms with Gasteiger partial charge >= 0.3 is 0 Å². The van der Waals surface area contributed by atoms with Crippen molar-refractivity contribution in [3.05, 3.63) is 29.8 Å². The van der Waals surface area contributed by atoms with Crippen molar-refractivity contribution < 1.29 is 17.9 Å². The number of primary sulfonamides is 1. The molecular weight excluding hydrogens is 316 g/mol. The minimum absolute atomic E-state index is 0.0222. The standard InChI is InChI=1S/C16H24N2O4S/c17-23(19,20)15-3-1-13(2-4-15)12-18-14-5-8-22-16(11-14)6-9-21-10-7-16/h1-4,14,18H,5-12H2,(H2,17,19,20)/t14-/m1/s1. The van der Waals surface area contributed by atoms with Gasteiger partial charge in [0.2, 0.25) is 10.0 Å². The van der Waals surface area contributed by atoms with Gasteiger partial charge in [-0.2, -0.15) is 0 Å². The fraction of sp³-hybridized carbons (Fsp3) is 0.625. The summed E-state index contributed by atoms with van der Waals surface area (Å²) in [7, 11) is -3.62. The summed E-state index contributed by atoms with van der Waals surface area (Å²) in [5.41, 5.74) is 1.02. The average molecular weight is 340 g/mol. The van der Waals surface area contributed by atoms with Crippen LogP contribution < -0.4 is 10.5 Å². The highest BCUT2D eigenvalue weighted by molar-refractivity contribution is 7.89. The van der Waals surface area contributed by atoms with E-state index in [-0.39, 0.29) is 10.5 Å². The molecule has 2 heterocycles. The van der Waals surface area contributed by atoms with Crippen molar-refractivity contribution in [2.45, 2.75) is 48.8 Å². The topological polar surface area (TPSA) is 90.7 Å². The van der Waals surface area contributed by atoms with Gasteiger partial charge in [-0.3, -0.25) is 0 Å². The first-order chi connectivity index (χ1) is 11.0. The summed E-state index contributed by atoms with van der Waals surface area (Å²) in [6, 6.07) is 7.12. The Hall–Kier alpha value is -0.990. The third kappa shape index (κ3) is 4.30. The number of sulfonamides is 1. The van der Waals surface area contributed by atoms with Crippen molar-refractivity contribution in [3.63, 3.8) is 0 Å². The molecule has 0 bridgehead atoms. The van der Waals surface area contributed by atoms with Crippen LogP contribution in [0.4, 0.5) is 0 Å². The average Bonchev–Trinajstić information content (AvgIpc) is 2.53. The molecule has 2 saturated heterocycles. The minimum atomic E-state index is -3.62. The lowest BCUT2D eigenvalue weighted by molar-refractivity contribution is -0.140. The lowest BCUT2D eigenvalue weighted by atomic mass is 9.84. The van der Waals surface area contributed by atoms with Gasteiger partial charge in [0.05, 0.1) is 10.5 Å². The molecule has 1 spiro atoms. The molecule has 1 aromatic rings. The van der Waals surface area contributed by atoms with Gasteiger partial charge in [-0.1, -0.05) is 12.1 Å². The number of hydrogen-bond donors (Lipinski definition) is 2. The predicted octanol–water partition coefficient (Wildman–Crippen LogP) is 1.15. The molecule has 1 aromatic carbocycles. The maximum atomic E-state index is 11.3. The summed E-state index contributed by atoms with van der Waals surface area (Å²) in [6.07, 6.45) is 3.94. The second-order valence-electron chi connectivity index (χ2n) is 6.40. The van der Waals surface area contributed by atoms with E-state index in [9.17, 15) is 8.42 Å². The first-order valence-electron chi connectivity index (χ1n) is 8.04. The Labute approximate surface area is 137 Å². The van der Waals surface area contributed by atoms with Crippen molar-refractivity contribution in [3.8, 4) is 0 Å². The van der Waals surface area contributed by atoms with Crippen molar-refractivity contribution >= 4 is 10.0 Å². The molecule has 3 N–H and O–H groups in total. The van der Waals surface area contributed by atoms with Crippen LogP contribution in [0.5, 0.6) is 0 Å². The van der Waals surface area contributed by atoms with E-state index >= 15 is 0 Å². The second kappa shape index (κ2) is 6.86. The third-order valence-electron chi connectivity index (χ3n) is 4.74. The zero-order chi connectivity index (χ0) is 16.3. The summed E-state index contributed by atoms with van der Waals surface area (Å²) in [5, 5.41) is 8.68. The Morgan fingerprint density at radius 1 is 1.17 bits per heavy atom. The summed E-state index contributed by atoms with van der Waals surface area (Å²) >= 11 is 0. The Morgan fingerprint density at radius 3 is 2.52 bits per heavy atom. The fourth-order valence-corrected chi connectivity index (χ4v) is 3.87. The van der Waals surface area contributed by atoms with Gasteiger partial charge in [0.1, 0.15) is 0 Å². The minimum Gasteiger partial charge on any atom is -0.381 e. The Balaban J connectivity index is 1.55. The lowest BCUT2D eigenvalue weighted by Gasteiger charge is -2.43. The summed E-state index contributed by atoms with van der Waals surface area (Å²) < 4.78 is 34.0. The number of hydrogen-bond acceptors (Lipinski definition) is 5. The Kier molecular flexibility index (Phi) is 5.03. The first-order valence-corrected chi connectivity index (χ1v) is 9.58. The van der Waals surface area contributed by atoms with E-state index in [0.29, 0.717) is 12.6 Å². The molecule has 128 valence electrons. The van der Waals surface area contributed by atoms with Crippen molar-refractivity contribution in [2.75, 3.05) is 19.8 Å². The zero-order valence-electron chi connectivity index (χ0n) is 13.2. The van der Waals surface area contributed by atoms with E-state index in [0.717, 1.165) is 51.1 Å². The molecule has 0 aromatic heterocycles. The van der Waals surface area contributed by atoms with Gasteiger partial charge in [0, 0.05) is 32.4 Å². The molecule has 0 unspecified atom stereocenters. The quantitative estimate of drug-likeness (QED) is 0.858. The predicted molar refractivity (Wildman–Crippen MR) is 86.4 cm³/mol. The molecule has 2 aliphatic heterocycles. The molecule has 6 nitrogen and oxygen atoms in total. The van der Waals surface area contributed by atoms with Crippen LogP contribution in [0.1, 0.15) is 31.2 Å². The van der Waals surface area contributed by atoms with Gasteiger partial charge in [-0.15, -0.1) is 0 Å². The van der Waals surface area contributed by atoms with Crippen LogP contribution in [0.2, 0.25) is 0 Å². The molecule has 1 atom stereocenters.